The highest BCUT2D eigenvalue weighted by Gasteiger charge is 2.51. The topological polar surface area (TPSA) is 42.1 Å². The van der Waals surface area contributed by atoms with E-state index in [-0.39, 0.29) is 11.7 Å². The van der Waals surface area contributed by atoms with E-state index in [1.807, 2.05) is 30.3 Å². The number of likely N-dealkylation sites (tertiary alicyclic amines) is 1. The normalized spacial score (nSPS) is 26.2. The lowest BCUT2D eigenvalue weighted by Crippen LogP contribution is -2.30. The molecule has 1 aromatic rings. The Bertz CT molecular complexity index is 414. The van der Waals surface area contributed by atoms with E-state index >= 15 is 0 Å². The van der Waals surface area contributed by atoms with E-state index in [1.54, 1.807) is 4.90 Å². The van der Waals surface area contributed by atoms with Crippen LogP contribution in [0.5, 0.6) is 0 Å². The van der Waals surface area contributed by atoms with Crippen molar-refractivity contribution < 1.29 is 14.3 Å². The maximum atomic E-state index is 11.8. The van der Waals surface area contributed by atoms with Gasteiger partial charge < -0.3 is 14.4 Å². The predicted molar refractivity (Wildman–Crippen MR) is 61.5 cm³/mol. The number of rotatable bonds is 2. The molecule has 0 N–H and O–H groups in total. The fraction of sp³-hybridized carbons (Fsp3) is 0.462. The molecule has 1 amide bonds. The Balaban J connectivity index is 1.51. The molecule has 0 saturated carbocycles. The first-order chi connectivity index (χ1) is 8.27. The smallest absolute Gasteiger partial charge is 0.410 e. The number of hydrogen-bond acceptors (Lipinski definition) is 3. The van der Waals surface area contributed by atoms with Gasteiger partial charge in [0.25, 0.3) is 0 Å². The van der Waals surface area contributed by atoms with Crippen LogP contribution in [0.15, 0.2) is 30.3 Å². The van der Waals surface area contributed by atoms with Crippen LogP contribution in [-0.4, -0.2) is 36.3 Å². The molecule has 0 bridgehead atoms. The third-order valence-corrected chi connectivity index (χ3v) is 3.33. The van der Waals surface area contributed by atoms with Crippen molar-refractivity contribution in [3.05, 3.63) is 35.9 Å². The van der Waals surface area contributed by atoms with Gasteiger partial charge in [-0.15, -0.1) is 0 Å². The Morgan fingerprint density at radius 2 is 2.18 bits per heavy atom. The standard InChI is InChI=1S/C13H15NO3/c15-12(14-7-6-13(9-14)10-17-13)16-8-11-4-2-1-3-5-11/h1-5H,6-10H2. The maximum Gasteiger partial charge on any atom is 0.410 e. The first-order valence-electron chi connectivity index (χ1n) is 5.87. The molecule has 1 atom stereocenters. The van der Waals surface area contributed by atoms with Gasteiger partial charge in [-0.05, 0) is 12.0 Å². The molecule has 0 radical (unpaired) electrons. The van der Waals surface area contributed by atoms with Crippen LogP contribution in [0, 0.1) is 0 Å². The predicted octanol–water partition coefficient (Wildman–Crippen LogP) is 1.80. The Hall–Kier alpha value is -1.55. The van der Waals surface area contributed by atoms with Crippen molar-refractivity contribution in [1.29, 1.82) is 0 Å². The first-order valence-corrected chi connectivity index (χ1v) is 5.87. The lowest BCUT2D eigenvalue weighted by Gasteiger charge is -2.15. The molecule has 1 spiro atoms. The van der Waals surface area contributed by atoms with E-state index < -0.39 is 0 Å². The van der Waals surface area contributed by atoms with Crippen LogP contribution in [0.1, 0.15) is 12.0 Å². The lowest BCUT2D eigenvalue weighted by molar-refractivity contribution is 0.102. The van der Waals surface area contributed by atoms with Gasteiger partial charge in [-0.2, -0.15) is 0 Å². The van der Waals surface area contributed by atoms with E-state index in [0.29, 0.717) is 13.2 Å². The van der Waals surface area contributed by atoms with E-state index in [9.17, 15) is 4.79 Å². The van der Waals surface area contributed by atoms with Crippen molar-refractivity contribution >= 4 is 6.09 Å². The maximum absolute atomic E-state index is 11.8. The molecule has 2 aliphatic rings. The molecule has 4 nitrogen and oxygen atoms in total. The van der Waals surface area contributed by atoms with E-state index in [4.69, 9.17) is 9.47 Å². The minimum absolute atomic E-state index is 0.0221. The van der Waals surface area contributed by atoms with Crippen molar-refractivity contribution in [2.24, 2.45) is 0 Å². The summed E-state index contributed by atoms with van der Waals surface area (Å²) in [4.78, 5) is 13.5. The zero-order valence-electron chi connectivity index (χ0n) is 9.59. The Labute approximate surface area is 100 Å². The summed E-state index contributed by atoms with van der Waals surface area (Å²) in [6.45, 7) is 2.55. The molecule has 2 aliphatic heterocycles. The molecular formula is C13H15NO3. The van der Waals surface area contributed by atoms with Gasteiger partial charge in [-0.25, -0.2) is 4.79 Å². The molecule has 4 heteroatoms. The molecule has 1 unspecified atom stereocenters. The lowest BCUT2D eigenvalue weighted by atomic mass is 10.1. The van der Waals surface area contributed by atoms with Crippen LogP contribution in [0.2, 0.25) is 0 Å². The van der Waals surface area contributed by atoms with Crippen LogP contribution < -0.4 is 0 Å². The zero-order valence-corrected chi connectivity index (χ0v) is 9.59. The molecule has 17 heavy (non-hydrogen) atoms. The average molecular weight is 233 g/mol. The van der Waals surface area contributed by atoms with E-state index in [2.05, 4.69) is 0 Å². The SMILES string of the molecule is O=C(OCc1ccccc1)N1CCC2(CO2)C1. The van der Waals surface area contributed by atoms with Crippen LogP contribution in [0.4, 0.5) is 4.79 Å². The van der Waals surface area contributed by atoms with Crippen molar-refractivity contribution in [3.8, 4) is 0 Å². The Kier molecular flexibility index (Phi) is 2.52. The molecule has 90 valence electrons. The molecule has 2 fully saturated rings. The molecule has 2 heterocycles. The van der Waals surface area contributed by atoms with Crippen molar-refractivity contribution in [3.63, 3.8) is 0 Å². The number of carbonyl (C=O) groups excluding carboxylic acids is 1. The van der Waals surface area contributed by atoms with Gasteiger partial charge in [0, 0.05) is 6.54 Å². The summed E-state index contributed by atoms with van der Waals surface area (Å²) in [5, 5.41) is 0. The molecular weight excluding hydrogens is 218 g/mol. The monoisotopic (exact) mass is 233 g/mol. The molecule has 2 saturated heterocycles. The van der Waals surface area contributed by atoms with Crippen LogP contribution in [0.25, 0.3) is 0 Å². The number of ether oxygens (including phenoxy) is 2. The summed E-state index contributed by atoms with van der Waals surface area (Å²) in [5.74, 6) is 0. The van der Waals surface area contributed by atoms with Crippen LogP contribution in [-0.2, 0) is 16.1 Å². The van der Waals surface area contributed by atoms with Crippen molar-refractivity contribution in [2.75, 3.05) is 19.7 Å². The summed E-state index contributed by atoms with van der Waals surface area (Å²) in [6, 6.07) is 9.71. The summed E-state index contributed by atoms with van der Waals surface area (Å²) in [5.41, 5.74) is 0.989. The van der Waals surface area contributed by atoms with Gasteiger partial charge in [-0.1, -0.05) is 30.3 Å². The number of hydrogen-bond donors (Lipinski definition) is 0. The Morgan fingerprint density at radius 1 is 1.41 bits per heavy atom. The summed E-state index contributed by atoms with van der Waals surface area (Å²) >= 11 is 0. The summed E-state index contributed by atoms with van der Waals surface area (Å²) in [6.07, 6.45) is 0.703. The Morgan fingerprint density at radius 3 is 2.82 bits per heavy atom. The van der Waals surface area contributed by atoms with E-state index in [0.717, 1.165) is 25.1 Å². The molecule has 0 aliphatic carbocycles. The number of benzene rings is 1. The largest absolute Gasteiger partial charge is 0.445 e. The highest BCUT2D eigenvalue weighted by Crippen LogP contribution is 2.36. The minimum Gasteiger partial charge on any atom is -0.445 e. The van der Waals surface area contributed by atoms with Gasteiger partial charge in [0.1, 0.15) is 12.2 Å². The fourth-order valence-corrected chi connectivity index (χ4v) is 2.15. The minimum atomic E-state index is -0.235. The molecule has 1 aromatic carbocycles. The average Bonchev–Trinajstić information content (AvgIpc) is 2.98. The van der Waals surface area contributed by atoms with Gasteiger partial charge in [0.2, 0.25) is 0 Å². The van der Waals surface area contributed by atoms with Crippen LogP contribution in [0.3, 0.4) is 0 Å². The van der Waals surface area contributed by atoms with Gasteiger partial charge >= 0.3 is 6.09 Å². The quantitative estimate of drug-likeness (QED) is 0.731. The van der Waals surface area contributed by atoms with Gasteiger partial charge in [-0.3, -0.25) is 0 Å². The van der Waals surface area contributed by atoms with Crippen molar-refractivity contribution in [1.82, 2.24) is 4.90 Å². The van der Waals surface area contributed by atoms with Gasteiger partial charge in [0.15, 0.2) is 0 Å². The summed E-state index contributed by atoms with van der Waals surface area (Å²) in [7, 11) is 0. The second kappa shape index (κ2) is 4.04. The zero-order chi connectivity index (χ0) is 11.7. The molecule has 0 aromatic heterocycles. The van der Waals surface area contributed by atoms with Crippen molar-refractivity contribution in [2.45, 2.75) is 18.6 Å². The van der Waals surface area contributed by atoms with Gasteiger partial charge in [0.05, 0.1) is 13.2 Å². The number of epoxide rings is 1. The number of carbonyl (C=O) groups is 1. The third-order valence-electron chi connectivity index (χ3n) is 3.33. The fourth-order valence-electron chi connectivity index (χ4n) is 2.15. The number of nitrogens with zero attached hydrogens (tertiary/aromatic N) is 1. The number of amides is 1. The highest BCUT2D eigenvalue weighted by atomic mass is 16.6. The second-order valence-corrected chi connectivity index (χ2v) is 4.68. The second-order valence-electron chi connectivity index (χ2n) is 4.68. The van der Waals surface area contributed by atoms with Crippen LogP contribution >= 0.6 is 0 Å². The molecule has 3 rings (SSSR count). The third kappa shape index (κ3) is 2.26. The first kappa shape index (κ1) is 10.6. The highest BCUT2D eigenvalue weighted by molar-refractivity contribution is 5.68. The summed E-state index contributed by atoms with van der Waals surface area (Å²) < 4.78 is 10.6. The van der Waals surface area contributed by atoms with E-state index in [1.165, 1.54) is 0 Å².